The molecule has 16 heavy (non-hydrogen) atoms. The fourth-order valence-electron chi connectivity index (χ4n) is 2.10. The molecule has 1 rings (SSSR count). The maximum Gasteiger partial charge on any atom is 0.237 e. The number of hydrogen-bond acceptors (Lipinski definition) is 4. The molecule has 1 amide bonds. The van der Waals surface area contributed by atoms with E-state index in [1.54, 1.807) is 0 Å². The van der Waals surface area contributed by atoms with E-state index in [1.165, 1.54) is 25.9 Å². The zero-order valence-corrected chi connectivity index (χ0v) is 10.4. The van der Waals surface area contributed by atoms with Crippen molar-refractivity contribution >= 4 is 5.91 Å². The molecule has 1 heterocycles. The molecule has 1 aliphatic heterocycles. The molecule has 1 unspecified atom stereocenters. The Labute approximate surface area is 97.9 Å². The molecule has 0 spiro atoms. The lowest BCUT2D eigenvalue weighted by molar-refractivity contribution is -0.125. The number of nitrogens with one attached hydrogen (secondary N) is 1. The average molecular weight is 228 g/mol. The van der Waals surface area contributed by atoms with Gasteiger partial charge < -0.3 is 9.80 Å². The van der Waals surface area contributed by atoms with Crippen LogP contribution in [0.2, 0.25) is 0 Å². The predicted octanol–water partition coefficient (Wildman–Crippen LogP) is -0.360. The Morgan fingerprint density at radius 3 is 2.69 bits per heavy atom. The van der Waals surface area contributed by atoms with Crippen molar-refractivity contribution in [2.45, 2.75) is 19.8 Å². The van der Waals surface area contributed by atoms with Crippen molar-refractivity contribution in [1.29, 1.82) is 0 Å². The maximum absolute atomic E-state index is 11.2. The van der Waals surface area contributed by atoms with E-state index in [2.05, 4.69) is 22.3 Å². The lowest BCUT2D eigenvalue weighted by Crippen LogP contribution is -2.41. The Kier molecular flexibility index (Phi) is 5.73. The van der Waals surface area contributed by atoms with E-state index in [4.69, 9.17) is 5.84 Å². The van der Waals surface area contributed by atoms with E-state index in [0.717, 1.165) is 19.6 Å². The highest BCUT2D eigenvalue weighted by atomic mass is 16.2. The summed E-state index contributed by atoms with van der Waals surface area (Å²) in [4.78, 5) is 15.9. The van der Waals surface area contributed by atoms with E-state index in [9.17, 15) is 4.79 Å². The molecular weight excluding hydrogens is 204 g/mol. The zero-order chi connectivity index (χ0) is 12.0. The second-order valence-corrected chi connectivity index (χ2v) is 4.72. The Bertz CT molecular complexity index is 216. The average Bonchev–Trinajstić information content (AvgIpc) is 2.78. The summed E-state index contributed by atoms with van der Waals surface area (Å²) in [5.41, 5.74) is 2.19. The molecule has 1 saturated heterocycles. The highest BCUT2D eigenvalue weighted by Crippen LogP contribution is 2.06. The molecule has 0 aromatic rings. The van der Waals surface area contributed by atoms with E-state index in [0.29, 0.717) is 0 Å². The van der Waals surface area contributed by atoms with Crippen LogP contribution in [-0.2, 0) is 4.79 Å². The molecule has 1 atom stereocenters. The molecular formula is C11H24N4O. The number of nitrogens with two attached hydrogens (primary N) is 1. The van der Waals surface area contributed by atoms with Gasteiger partial charge in [0.05, 0.1) is 0 Å². The minimum Gasteiger partial charge on any atom is -0.304 e. The standard InChI is InChI=1S/C11H24N4O/c1-10(11(16)13-12)9-14(2)7-8-15-5-3-4-6-15/h10H,3-9,12H2,1-2H3,(H,13,16). The summed E-state index contributed by atoms with van der Waals surface area (Å²) in [5, 5.41) is 0. The second-order valence-electron chi connectivity index (χ2n) is 4.72. The molecule has 94 valence electrons. The molecule has 5 heteroatoms. The fourth-order valence-corrected chi connectivity index (χ4v) is 2.10. The van der Waals surface area contributed by atoms with E-state index in [-0.39, 0.29) is 11.8 Å². The Balaban J connectivity index is 2.14. The van der Waals surface area contributed by atoms with Crippen LogP contribution >= 0.6 is 0 Å². The van der Waals surface area contributed by atoms with Crippen molar-refractivity contribution in [3.63, 3.8) is 0 Å². The molecule has 0 bridgehead atoms. The molecule has 5 nitrogen and oxygen atoms in total. The van der Waals surface area contributed by atoms with Gasteiger partial charge in [0, 0.05) is 25.6 Å². The predicted molar refractivity (Wildman–Crippen MR) is 64.7 cm³/mol. The lowest BCUT2D eigenvalue weighted by Gasteiger charge is -2.23. The van der Waals surface area contributed by atoms with Gasteiger partial charge in [0.1, 0.15) is 0 Å². The number of likely N-dealkylation sites (tertiary alicyclic amines) is 1. The Morgan fingerprint density at radius 2 is 2.12 bits per heavy atom. The summed E-state index contributed by atoms with van der Waals surface area (Å²) in [6.07, 6.45) is 2.66. The minimum absolute atomic E-state index is 0.0476. The number of rotatable bonds is 6. The third-order valence-corrected chi connectivity index (χ3v) is 3.17. The largest absolute Gasteiger partial charge is 0.304 e. The number of likely N-dealkylation sites (N-methyl/N-ethyl adjacent to an activating group) is 1. The van der Waals surface area contributed by atoms with Gasteiger partial charge in [0.2, 0.25) is 5.91 Å². The van der Waals surface area contributed by atoms with Crippen molar-refractivity contribution < 1.29 is 4.79 Å². The number of hydrogen-bond donors (Lipinski definition) is 2. The van der Waals surface area contributed by atoms with Crippen molar-refractivity contribution in [2.75, 3.05) is 39.8 Å². The van der Waals surface area contributed by atoms with Crippen LogP contribution in [0.4, 0.5) is 0 Å². The molecule has 3 N–H and O–H groups in total. The quantitative estimate of drug-likeness (QED) is 0.370. The van der Waals surface area contributed by atoms with Crippen LogP contribution in [-0.4, -0.2) is 55.5 Å². The summed E-state index contributed by atoms with van der Waals surface area (Å²) in [6, 6.07) is 0. The van der Waals surface area contributed by atoms with Crippen molar-refractivity contribution in [1.82, 2.24) is 15.2 Å². The normalized spacial score (nSPS) is 19.0. The summed E-state index contributed by atoms with van der Waals surface area (Å²) in [7, 11) is 2.05. The van der Waals surface area contributed by atoms with Crippen LogP contribution in [0.25, 0.3) is 0 Å². The first-order valence-electron chi connectivity index (χ1n) is 6.05. The Hall–Kier alpha value is -0.650. The first-order chi connectivity index (χ1) is 7.63. The molecule has 0 saturated carbocycles. The van der Waals surface area contributed by atoms with Gasteiger partial charge in [-0.2, -0.15) is 0 Å². The SMILES string of the molecule is CC(CN(C)CCN1CCCC1)C(=O)NN. The molecule has 1 aliphatic rings. The minimum atomic E-state index is -0.0898. The molecule has 0 aromatic heterocycles. The smallest absolute Gasteiger partial charge is 0.237 e. The molecule has 0 aliphatic carbocycles. The van der Waals surface area contributed by atoms with E-state index < -0.39 is 0 Å². The molecule has 1 fully saturated rings. The van der Waals surface area contributed by atoms with Gasteiger partial charge in [-0.1, -0.05) is 6.92 Å². The summed E-state index contributed by atoms with van der Waals surface area (Å²) >= 11 is 0. The van der Waals surface area contributed by atoms with Gasteiger partial charge in [-0.25, -0.2) is 5.84 Å². The third kappa shape index (κ3) is 4.47. The first kappa shape index (κ1) is 13.4. The van der Waals surface area contributed by atoms with Gasteiger partial charge in [-0.3, -0.25) is 10.2 Å². The first-order valence-corrected chi connectivity index (χ1v) is 6.05. The third-order valence-electron chi connectivity index (χ3n) is 3.17. The fraction of sp³-hybridized carbons (Fsp3) is 0.909. The zero-order valence-electron chi connectivity index (χ0n) is 10.4. The number of carbonyl (C=O) groups excluding carboxylic acids is 1. The van der Waals surface area contributed by atoms with Crippen molar-refractivity contribution in [2.24, 2.45) is 11.8 Å². The van der Waals surface area contributed by atoms with Gasteiger partial charge >= 0.3 is 0 Å². The van der Waals surface area contributed by atoms with Crippen molar-refractivity contribution in [3.8, 4) is 0 Å². The van der Waals surface area contributed by atoms with Gasteiger partial charge in [0.15, 0.2) is 0 Å². The summed E-state index contributed by atoms with van der Waals surface area (Å²) in [6.45, 7) is 7.24. The van der Waals surface area contributed by atoms with E-state index in [1.807, 2.05) is 6.92 Å². The van der Waals surface area contributed by atoms with Gasteiger partial charge in [-0.05, 0) is 33.0 Å². The summed E-state index contributed by atoms with van der Waals surface area (Å²) in [5.74, 6) is 4.96. The van der Waals surface area contributed by atoms with Crippen LogP contribution in [0.1, 0.15) is 19.8 Å². The van der Waals surface area contributed by atoms with E-state index >= 15 is 0 Å². The topological polar surface area (TPSA) is 61.6 Å². The van der Waals surface area contributed by atoms with Crippen LogP contribution in [0.3, 0.4) is 0 Å². The number of nitrogens with zero attached hydrogens (tertiary/aromatic N) is 2. The Morgan fingerprint density at radius 1 is 1.50 bits per heavy atom. The lowest BCUT2D eigenvalue weighted by atomic mass is 10.1. The van der Waals surface area contributed by atoms with Crippen LogP contribution < -0.4 is 11.3 Å². The van der Waals surface area contributed by atoms with Crippen LogP contribution in [0.15, 0.2) is 0 Å². The highest BCUT2D eigenvalue weighted by molar-refractivity contribution is 5.77. The molecule has 0 radical (unpaired) electrons. The maximum atomic E-state index is 11.2. The summed E-state index contributed by atoms with van der Waals surface area (Å²) < 4.78 is 0. The number of carbonyl (C=O) groups is 1. The second kappa shape index (κ2) is 6.83. The highest BCUT2D eigenvalue weighted by Gasteiger charge is 2.15. The monoisotopic (exact) mass is 228 g/mol. The van der Waals surface area contributed by atoms with Gasteiger partial charge in [0.25, 0.3) is 0 Å². The number of hydrazine groups is 1. The molecule has 0 aromatic carbocycles. The van der Waals surface area contributed by atoms with Crippen molar-refractivity contribution in [3.05, 3.63) is 0 Å². The van der Waals surface area contributed by atoms with Crippen LogP contribution in [0.5, 0.6) is 0 Å². The van der Waals surface area contributed by atoms with Crippen LogP contribution in [0, 0.1) is 5.92 Å². The number of amides is 1. The van der Waals surface area contributed by atoms with Gasteiger partial charge in [-0.15, -0.1) is 0 Å².